The second kappa shape index (κ2) is 35.2. The van der Waals surface area contributed by atoms with Crippen LogP contribution in [-0.2, 0) is 49.7 Å². The van der Waals surface area contributed by atoms with Crippen LogP contribution in [-0.4, -0.2) is 124 Å². The summed E-state index contributed by atoms with van der Waals surface area (Å²) < 4.78 is 31.8. The Balaban J connectivity index is 1.54. The van der Waals surface area contributed by atoms with Crippen molar-refractivity contribution < 1.29 is 61.8 Å². The van der Waals surface area contributed by atoms with Crippen LogP contribution in [0.15, 0.2) is 72.8 Å². The molecule has 0 aliphatic heterocycles. The third kappa shape index (κ3) is 21.4. The van der Waals surface area contributed by atoms with Gasteiger partial charge in [0.2, 0.25) is 5.91 Å². The molecule has 83 heavy (non-hydrogen) atoms. The molecule has 14 N–H and O–H groups in total. The number of nitrogens with one attached hydrogen (secondary N) is 4. The quantitative estimate of drug-likeness (QED) is 0.0287. The molecule has 22 heteroatoms. The number of primary amides is 1. The lowest BCUT2D eigenvalue weighted by atomic mass is 9.95. The number of amides is 5. The maximum atomic E-state index is 15.5. The second-order valence-electron chi connectivity index (χ2n) is 20.3. The molecule has 0 spiro atoms. The van der Waals surface area contributed by atoms with Gasteiger partial charge in [-0.25, -0.2) is 4.39 Å². The molecule has 4 aromatic rings. The number of carbonyl (C=O) groups excluding carboxylic acids is 9. The Labute approximate surface area is 484 Å². The van der Waals surface area contributed by atoms with Crippen molar-refractivity contribution in [2.24, 2.45) is 28.7 Å². The van der Waals surface area contributed by atoms with Crippen LogP contribution >= 0.6 is 0 Å². The Morgan fingerprint density at radius 2 is 0.687 bits per heavy atom. The zero-order valence-corrected chi connectivity index (χ0v) is 48.0. The molecule has 0 bridgehead atoms. The Kier molecular flexibility index (Phi) is 28.6. The molecule has 0 aromatic heterocycles. The fourth-order valence-corrected chi connectivity index (χ4v) is 9.48. The first-order chi connectivity index (χ1) is 39.8. The van der Waals surface area contributed by atoms with Crippen molar-refractivity contribution in [1.29, 1.82) is 0 Å². The van der Waals surface area contributed by atoms with Gasteiger partial charge in [0.1, 0.15) is 23.1 Å². The number of nitrogens with two attached hydrogens (primary N) is 5. The maximum absolute atomic E-state index is 15.5. The molecule has 0 heterocycles. The minimum Gasteiger partial charge on any atom is -0.496 e. The van der Waals surface area contributed by atoms with Crippen LogP contribution < -0.4 is 64.1 Å². The summed E-state index contributed by atoms with van der Waals surface area (Å²) in [6, 6.07) is 13.5. The molecule has 0 aliphatic carbocycles. The van der Waals surface area contributed by atoms with Gasteiger partial charge in [0.05, 0.1) is 67.8 Å². The van der Waals surface area contributed by atoms with E-state index >= 15 is 4.39 Å². The molecule has 450 valence electrons. The number of methoxy groups -OCH3 is 3. The topological polar surface area (TPSA) is 360 Å². The van der Waals surface area contributed by atoms with Crippen molar-refractivity contribution in [3.63, 3.8) is 0 Å². The number of ether oxygens (including phenoxy) is 3. The van der Waals surface area contributed by atoms with E-state index in [9.17, 15) is 43.2 Å². The highest BCUT2D eigenvalue weighted by molar-refractivity contribution is 6.03. The highest BCUT2D eigenvalue weighted by Crippen LogP contribution is 2.26. The van der Waals surface area contributed by atoms with Crippen molar-refractivity contribution in [3.8, 4) is 17.2 Å². The molecule has 4 atom stereocenters. The number of carbonyl (C=O) groups is 9. The molecule has 0 fully saturated rings. The van der Waals surface area contributed by atoms with Crippen LogP contribution in [0.1, 0.15) is 148 Å². The molecule has 0 saturated carbocycles. The summed E-state index contributed by atoms with van der Waals surface area (Å²) >= 11 is 0. The van der Waals surface area contributed by atoms with Gasteiger partial charge in [-0.15, -0.1) is 0 Å². The number of unbranched alkanes of at least 4 members (excludes halogenated alkanes) is 4. The van der Waals surface area contributed by atoms with E-state index in [0.717, 1.165) is 6.07 Å². The molecular weight excluding hydrogens is 1070 g/mol. The summed E-state index contributed by atoms with van der Waals surface area (Å²) in [5.74, 6) is -5.24. The van der Waals surface area contributed by atoms with Gasteiger partial charge in [-0.05, 0) is 174 Å². The third-order valence-corrected chi connectivity index (χ3v) is 14.0. The highest BCUT2D eigenvalue weighted by atomic mass is 19.1. The minimum atomic E-state index is -1.10. The smallest absolute Gasteiger partial charge is 0.255 e. The second-order valence-corrected chi connectivity index (χ2v) is 20.3. The Bertz CT molecular complexity index is 2900. The SMILES string of the molecule is COc1ccc(CC(=O)[C@H](CCCCN)NC(=O)c2cc(CC(=O)[C@H](CCCCN)NC(=O)c3cc(CC(=O)[C@H](CCCCN)NC(=O)c4cc(CC(=O)[C@H](CCCCN)NC(C)=O)ccc4OC)ccc3OC)ccc2F)cc1C(N)=O. The highest BCUT2D eigenvalue weighted by Gasteiger charge is 2.29. The minimum absolute atomic E-state index is 0.00552. The van der Waals surface area contributed by atoms with E-state index in [2.05, 4.69) is 21.3 Å². The number of Topliss-reactive ketones (excluding diaryl/α,β-unsaturated/α-hetero) is 4. The average Bonchev–Trinajstić information content (AvgIpc) is 3.60. The zero-order valence-electron chi connectivity index (χ0n) is 48.0. The van der Waals surface area contributed by atoms with Crippen LogP contribution in [0.25, 0.3) is 0 Å². The molecule has 4 aromatic carbocycles. The molecule has 0 saturated heterocycles. The van der Waals surface area contributed by atoms with Crippen LogP contribution in [0, 0.1) is 5.82 Å². The number of ketones is 4. The van der Waals surface area contributed by atoms with Crippen molar-refractivity contribution in [3.05, 3.63) is 123 Å². The predicted molar refractivity (Wildman–Crippen MR) is 312 cm³/mol. The predicted octanol–water partition coefficient (Wildman–Crippen LogP) is 3.81. The van der Waals surface area contributed by atoms with Gasteiger partial charge in [0, 0.05) is 32.6 Å². The van der Waals surface area contributed by atoms with Gasteiger partial charge in [0.15, 0.2) is 23.1 Å². The molecule has 5 amide bonds. The molecule has 4 rings (SSSR count). The van der Waals surface area contributed by atoms with E-state index in [1.165, 1.54) is 70.7 Å². The Morgan fingerprint density at radius 3 is 0.988 bits per heavy atom. The van der Waals surface area contributed by atoms with E-state index in [-0.39, 0.29) is 96.1 Å². The molecule has 0 aliphatic rings. The van der Waals surface area contributed by atoms with Gasteiger partial charge >= 0.3 is 0 Å². The van der Waals surface area contributed by atoms with Crippen LogP contribution in [0.2, 0.25) is 0 Å². The summed E-state index contributed by atoms with van der Waals surface area (Å²) in [4.78, 5) is 122. The monoisotopic (exact) mass is 1150 g/mol. The summed E-state index contributed by atoms with van der Waals surface area (Å²) in [7, 11) is 4.12. The maximum Gasteiger partial charge on any atom is 0.255 e. The van der Waals surface area contributed by atoms with Gasteiger partial charge in [0.25, 0.3) is 23.6 Å². The number of hydrogen-bond acceptors (Lipinski definition) is 16. The number of halogens is 1. The summed E-state index contributed by atoms with van der Waals surface area (Å²) in [5, 5.41) is 11.0. The molecular formula is C61H82FN9O12. The van der Waals surface area contributed by atoms with E-state index < -0.39 is 76.5 Å². The van der Waals surface area contributed by atoms with Crippen molar-refractivity contribution >= 4 is 52.7 Å². The fraction of sp³-hybridized carbons (Fsp3) is 0.459. The summed E-state index contributed by atoms with van der Waals surface area (Å²) in [5.41, 5.74) is 29.8. The summed E-state index contributed by atoms with van der Waals surface area (Å²) in [6.07, 6.45) is 4.43. The standard InChI is InChI=1S/C61H82FN9O12/c1-37(72)68-47(13-5-9-25-63)51(73)35-40-19-23-56(82-3)44(31-40)60(79)71-50(16-8-12-28-66)54(76)36-41-20-24-57(83-4)45(32-41)61(80)70-49(15-7-11-27-65)52(74)33-38-17-21-46(62)42(29-38)59(78)69-48(14-6-10-26-64)53(75)34-39-18-22-55(81-2)43(30-39)58(67)77/h17-24,29-32,47-50H,5-16,25-28,33-36,63-66H2,1-4H3,(H2,67,77)(H,68,72)(H,69,78)(H,70,80)(H,71,79)/t47-,48-,49-,50-/m0/s1. The van der Waals surface area contributed by atoms with E-state index in [4.69, 9.17) is 42.9 Å². The van der Waals surface area contributed by atoms with Gasteiger partial charge < -0.3 is 64.1 Å². The zero-order chi connectivity index (χ0) is 61.0. The first-order valence-corrected chi connectivity index (χ1v) is 28.0. The largest absolute Gasteiger partial charge is 0.496 e. The van der Waals surface area contributed by atoms with Crippen molar-refractivity contribution in [2.75, 3.05) is 47.5 Å². The van der Waals surface area contributed by atoms with Crippen molar-refractivity contribution in [2.45, 2.75) is 134 Å². The lowest BCUT2D eigenvalue weighted by molar-refractivity contribution is -0.126. The van der Waals surface area contributed by atoms with E-state index in [1.54, 1.807) is 24.3 Å². The molecule has 0 unspecified atom stereocenters. The normalized spacial score (nSPS) is 12.4. The van der Waals surface area contributed by atoms with Gasteiger partial charge in [-0.2, -0.15) is 0 Å². The number of rotatable bonds is 39. The fourth-order valence-electron chi connectivity index (χ4n) is 9.48. The lowest BCUT2D eigenvalue weighted by Crippen LogP contribution is -2.42. The molecule has 21 nitrogen and oxygen atoms in total. The van der Waals surface area contributed by atoms with Crippen LogP contribution in [0.5, 0.6) is 17.2 Å². The van der Waals surface area contributed by atoms with Crippen LogP contribution in [0.4, 0.5) is 4.39 Å². The Morgan fingerprint density at radius 1 is 0.410 bits per heavy atom. The van der Waals surface area contributed by atoms with E-state index in [1.807, 2.05) is 0 Å². The first-order valence-electron chi connectivity index (χ1n) is 28.0. The average molecular weight is 1150 g/mol. The lowest BCUT2D eigenvalue weighted by Gasteiger charge is -2.21. The number of hydrogen-bond donors (Lipinski definition) is 9. The molecule has 0 radical (unpaired) electrons. The number of benzene rings is 4. The summed E-state index contributed by atoms with van der Waals surface area (Å²) in [6.45, 7) is 2.76. The first kappa shape index (κ1) is 67.6. The van der Waals surface area contributed by atoms with Gasteiger partial charge in [-0.3, -0.25) is 43.2 Å². The van der Waals surface area contributed by atoms with Gasteiger partial charge in [-0.1, -0.05) is 24.3 Å². The van der Waals surface area contributed by atoms with Crippen LogP contribution in [0.3, 0.4) is 0 Å². The van der Waals surface area contributed by atoms with Crippen molar-refractivity contribution in [1.82, 2.24) is 21.3 Å². The van der Waals surface area contributed by atoms with E-state index in [0.29, 0.717) is 101 Å². The third-order valence-electron chi connectivity index (χ3n) is 14.0. The Hall–Kier alpha value is -7.92.